The normalized spacial score (nSPS) is 26.4. The van der Waals surface area contributed by atoms with Crippen LogP contribution >= 0.6 is 0 Å². The minimum absolute atomic E-state index is 0.0977. The number of fused-ring (bicyclic) bond motifs is 2. The van der Waals surface area contributed by atoms with Crippen molar-refractivity contribution in [1.82, 2.24) is 30.5 Å². The average Bonchev–Trinajstić information content (AvgIpc) is 3.37. The highest BCUT2D eigenvalue weighted by molar-refractivity contribution is 5.96. The van der Waals surface area contributed by atoms with Crippen molar-refractivity contribution in [3.63, 3.8) is 0 Å². The molecule has 1 aliphatic carbocycles. The Morgan fingerprint density at radius 3 is 2.44 bits per heavy atom. The molecule has 5 atom stereocenters. The summed E-state index contributed by atoms with van der Waals surface area (Å²) in [7, 11) is 0. The second kappa shape index (κ2) is 14.5. The quantitative estimate of drug-likeness (QED) is 0.305. The monoisotopic (exact) mass is 682 g/mol. The first-order valence-electron chi connectivity index (χ1n) is 17.5. The maximum atomic E-state index is 14.4. The van der Waals surface area contributed by atoms with E-state index in [-0.39, 0.29) is 25.3 Å². The van der Waals surface area contributed by atoms with Crippen molar-refractivity contribution in [2.75, 3.05) is 6.54 Å². The van der Waals surface area contributed by atoms with Crippen molar-refractivity contribution in [2.45, 2.75) is 101 Å². The third-order valence-electron chi connectivity index (χ3n) is 9.62. The van der Waals surface area contributed by atoms with E-state index < -0.39 is 53.1 Å². The summed E-state index contributed by atoms with van der Waals surface area (Å²) in [6.45, 7) is 5.35. The van der Waals surface area contributed by atoms with Crippen molar-refractivity contribution in [1.29, 1.82) is 0 Å². The number of amides is 3. The van der Waals surface area contributed by atoms with Gasteiger partial charge in [0.05, 0.1) is 11.7 Å². The Bertz CT molecular complexity index is 1730. The largest absolute Gasteiger partial charge is 0.479 e. The molecule has 2 fully saturated rings. The summed E-state index contributed by atoms with van der Waals surface area (Å²) in [4.78, 5) is 57.0. The van der Waals surface area contributed by atoms with E-state index in [1.807, 2.05) is 72.8 Å². The van der Waals surface area contributed by atoms with Crippen LogP contribution in [0.2, 0.25) is 0 Å². The summed E-state index contributed by atoms with van der Waals surface area (Å²) in [6, 6.07) is 17.3. The fourth-order valence-electron chi connectivity index (χ4n) is 6.94. The van der Waals surface area contributed by atoms with Crippen molar-refractivity contribution in [2.24, 2.45) is 5.92 Å². The molecule has 0 spiro atoms. The fourth-order valence-corrected chi connectivity index (χ4v) is 6.94. The third-order valence-corrected chi connectivity index (χ3v) is 9.62. The lowest BCUT2D eigenvalue weighted by Crippen LogP contribution is -2.56. The number of carbonyl (C=O) groups excluding carboxylic acids is 3. The zero-order valence-electron chi connectivity index (χ0n) is 28.9. The first kappa shape index (κ1) is 34.8. The molecule has 12 heteroatoms. The number of carboxylic acids is 1. The molecule has 3 aliphatic rings. The predicted octanol–water partition coefficient (Wildman–Crippen LogP) is 5.05. The molecule has 3 heterocycles. The average molecular weight is 683 g/mol. The van der Waals surface area contributed by atoms with Gasteiger partial charge in [-0.3, -0.25) is 9.59 Å². The van der Waals surface area contributed by atoms with Gasteiger partial charge in [-0.1, -0.05) is 85.7 Å². The van der Waals surface area contributed by atoms with Crippen LogP contribution in [0, 0.1) is 5.92 Å². The Hall–Kier alpha value is -5.00. The van der Waals surface area contributed by atoms with Crippen LogP contribution in [0.1, 0.15) is 83.0 Å². The number of alkyl carbamates (subject to hydrolysis) is 1. The van der Waals surface area contributed by atoms with E-state index in [9.17, 15) is 24.3 Å². The lowest BCUT2D eigenvalue weighted by Gasteiger charge is -2.30. The molecule has 12 nitrogen and oxygen atoms in total. The van der Waals surface area contributed by atoms with Crippen molar-refractivity contribution < 1.29 is 29.0 Å². The predicted molar refractivity (Wildman–Crippen MR) is 186 cm³/mol. The van der Waals surface area contributed by atoms with Gasteiger partial charge in [0.1, 0.15) is 28.9 Å². The molecule has 2 aliphatic heterocycles. The first-order valence-corrected chi connectivity index (χ1v) is 17.5. The van der Waals surface area contributed by atoms with Gasteiger partial charge in [0.25, 0.3) is 0 Å². The van der Waals surface area contributed by atoms with Gasteiger partial charge < -0.3 is 25.4 Å². The number of nitrogens with one attached hydrogen (secondary N) is 2. The van der Waals surface area contributed by atoms with Crippen molar-refractivity contribution >= 4 is 23.9 Å². The molecule has 3 N–H and O–H groups in total. The number of aromatic nitrogens is 3. The molecule has 0 radical (unpaired) electrons. The number of nitrogens with zero attached hydrogens (tertiary/aromatic N) is 4. The molecule has 1 saturated heterocycles. The standard InChI is InChI=1S/C38H46N6O6/c1-37(2,3)50-36(49)39-29-20-14-6-4-5-13-19-27-23-38(27,35(47)48)40-33(45)31-22-28(24-43(31)34(29)46)44-41-30(21-25-15-9-7-10-16-25)32(42-44)26-17-11-8-12-18-26/h7-13,15-19,27-29,31H,4-6,14,20-24H2,1-3H3,(H,39,49)(H,40,45)(H,47,48)/b19-13-/t27-,28+,29+,31+,38+/m1/s1. The van der Waals surface area contributed by atoms with Crippen LogP contribution in [-0.4, -0.2) is 78.6 Å². The van der Waals surface area contributed by atoms with E-state index in [1.54, 1.807) is 25.6 Å². The molecule has 0 unspecified atom stereocenters. The molecule has 3 amide bonds. The minimum Gasteiger partial charge on any atom is -0.479 e. The van der Waals surface area contributed by atoms with Gasteiger partial charge in [-0.05, 0) is 52.0 Å². The summed E-state index contributed by atoms with van der Waals surface area (Å²) < 4.78 is 5.50. The van der Waals surface area contributed by atoms with Crippen LogP contribution in [0.5, 0.6) is 0 Å². The Labute approximate surface area is 292 Å². The molecule has 1 saturated carbocycles. The smallest absolute Gasteiger partial charge is 0.408 e. The number of hydrogen-bond donors (Lipinski definition) is 3. The van der Waals surface area contributed by atoms with Gasteiger partial charge in [-0.25, -0.2) is 9.59 Å². The molecule has 50 heavy (non-hydrogen) atoms. The van der Waals surface area contributed by atoms with Gasteiger partial charge in [0.2, 0.25) is 11.8 Å². The Balaban J connectivity index is 1.34. The Kier molecular flexibility index (Phi) is 10.1. The lowest BCUT2D eigenvalue weighted by atomic mass is 10.0. The van der Waals surface area contributed by atoms with Crippen LogP contribution < -0.4 is 10.6 Å². The van der Waals surface area contributed by atoms with E-state index in [2.05, 4.69) is 10.6 Å². The van der Waals surface area contributed by atoms with E-state index in [0.29, 0.717) is 25.0 Å². The Morgan fingerprint density at radius 1 is 1.02 bits per heavy atom. The van der Waals surface area contributed by atoms with Crippen LogP contribution in [0.3, 0.4) is 0 Å². The highest BCUT2D eigenvalue weighted by Gasteiger charge is 2.61. The summed E-state index contributed by atoms with van der Waals surface area (Å²) in [5.41, 5.74) is 1.22. The molecular formula is C38H46N6O6. The highest BCUT2D eigenvalue weighted by atomic mass is 16.6. The van der Waals surface area contributed by atoms with Gasteiger partial charge in [-0.15, -0.1) is 0 Å². The minimum atomic E-state index is -1.43. The van der Waals surface area contributed by atoms with Gasteiger partial charge >= 0.3 is 12.1 Å². The summed E-state index contributed by atoms with van der Waals surface area (Å²) >= 11 is 0. The van der Waals surface area contributed by atoms with Crippen LogP contribution in [0.25, 0.3) is 11.3 Å². The zero-order chi connectivity index (χ0) is 35.5. The second-order valence-electron chi connectivity index (χ2n) is 14.6. The number of aliphatic carboxylic acids is 1. The van der Waals surface area contributed by atoms with E-state index in [0.717, 1.165) is 36.1 Å². The zero-order valence-corrected chi connectivity index (χ0v) is 28.9. The number of rotatable bonds is 6. The topological polar surface area (TPSA) is 156 Å². The Morgan fingerprint density at radius 2 is 1.74 bits per heavy atom. The number of benzene rings is 2. The molecule has 0 bridgehead atoms. The molecule has 6 rings (SSSR count). The maximum Gasteiger partial charge on any atom is 0.408 e. The van der Waals surface area contributed by atoms with E-state index in [1.165, 1.54) is 4.90 Å². The molecular weight excluding hydrogens is 636 g/mol. The number of hydrogen-bond acceptors (Lipinski definition) is 7. The summed E-state index contributed by atoms with van der Waals surface area (Å²) in [5.74, 6) is -2.42. The van der Waals surface area contributed by atoms with Gasteiger partial charge in [0.15, 0.2) is 0 Å². The summed E-state index contributed by atoms with van der Waals surface area (Å²) in [6.07, 6.45) is 7.55. The fraction of sp³-hybridized carbons (Fsp3) is 0.474. The summed E-state index contributed by atoms with van der Waals surface area (Å²) in [5, 5.41) is 25.7. The van der Waals surface area contributed by atoms with E-state index >= 15 is 0 Å². The number of carbonyl (C=O) groups is 4. The number of allylic oxidation sites excluding steroid dienone is 1. The molecule has 2 aromatic carbocycles. The molecule has 1 aromatic heterocycles. The molecule has 264 valence electrons. The highest BCUT2D eigenvalue weighted by Crippen LogP contribution is 2.45. The van der Waals surface area contributed by atoms with Crippen molar-refractivity contribution in [3.8, 4) is 11.3 Å². The molecule has 3 aromatic rings. The second-order valence-corrected chi connectivity index (χ2v) is 14.6. The maximum absolute atomic E-state index is 14.4. The van der Waals surface area contributed by atoms with Crippen molar-refractivity contribution in [3.05, 3.63) is 84.1 Å². The SMILES string of the molecule is CC(C)(C)OC(=O)N[C@H]1CCCCC/C=C\[C@@H]2C[C@]2(C(=O)O)NC(=O)[C@@H]2C[C@H](n3nc(Cc4ccccc4)c(-c4ccccc4)n3)CN2C1=O. The number of ether oxygens (including phenoxy) is 1. The van der Waals surface area contributed by atoms with Crippen LogP contribution in [0.15, 0.2) is 72.8 Å². The van der Waals surface area contributed by atoms with Gasteiger partial charge in [-0.2, -0.15) is 15.0 Å². The van der Waals surface area contributed by atoms with Crippen LogP contribution in [-0.2, 0) is 25.5 Å². The van der Waals surface area contributed by atoms with Crippen LogP contribution in [0.4, 0.5) is 4.79 Å². The van der Waals surface area contributed by atoms with Gasteiger partial charge in [0, 0.05) is 30.9 Å². The third kappa shape index (κ3) is 7.90. The first-order chi connectivity index (χ1) is 23.9. The number of carboxylic acid groups (broad SMARTS) is 1. The van der Waals surface area contributed by atoms with E-state index in [4.69, 9.17) is 14.9 Å². The lowest BCUT2D eigenvalue weighted by molar-refractivity contribution is -0.145.